The van der Waals surface area contributed by atoms with Crippen LogP contribution in [0.5, 0.6) is 0 Å². The normalized spacial score (nSPS) is 28.3. The van der Waals surface area contributed by atoms with E-state index in [1.807, 2.05) is 27.7 Å². The van der Waals surface area contributed by atoms with Crippen molar-refractivity contribution < 1.29 is 32.4 Å². The maximum atomic E-state index is 14.6. The Hall–Kier alpha value is -2.96. The predicted molar refractivity (Wildman–Crippen MR) is 197 cm³/mol. The second-order valence-corrected chi connectivity index (χ2v) is 20.3. The molecule has 288 valence electrons. The first-order chi connectivity index (χ1) is 23.6. The Morgan fingerprint density at radius 2 is 1.63 bits per heavy atom. The highest BCUT2D eigenvalue weighted by molar-refractivity contribution is 7.92. The first-order valence-corrected chi connectivity index (χ1v) is 20.7. The molecule has 0 radical (unpaired) electrons. The fourth-order valence-corrected chi connectivity index (χ4v) is 11.7. The summed E-state index contributed by atoms with van der Waals surface area (Å²) in [6.45, 7) is 19.8. The summed E-state index contributed by atoms with van der Waals surface area (Å²) >= 11 is 0. The molecule has 0 aromatic rings. The summed E-state index contributed by atoms with van der Waals surface area (Å²) in [4.78, 5) is 70.0. The lowest BCUT2D eigenvalue weighted by molar-refractivity contribution is -0.145. The van der Waals surface area contributed by atoms with Crippen LogP contribution in [0.4, 0.5) is 4.79 Å². The molecule has 51 heavy (non-hydrogen) atoms. The second-order valence-electron chi connectivity index (χ2n) is 18.0. The van der Waals surface area contributed by atoms with Crippen LogP contribution in [0, 0.1) is 28.1 Å². The highest BCUT2D eigenvalue weighted by atomic mass is 32.2. The van der Waals surface area contributed by atoms with Gasteiger partial charge in [0.1, 0.15) is 12.1 Å². The Bertz CT molecular complexity index is 1480. The van der Waals surface area contributed by atoms with Crippen LogP contribution in [-0.2, 0) is 29.0 Å². The molecular weight excluding hydrogens is 671 g/mol. The van der Waals surface area contributed by atoms with Gasteiger partial charge in [0.05, 0.1) is 22.6 Å². The molecule has 13 heteroatoms. The van der Waals surface area contributed by atoms with Crippen LogP contribution >= 0.6 is 0 Å². The Balaban J connectivity index is 1.58. The summed E-state index contributed by atoms with van der Waals surface area (Å²) in [6, 6.07) is -3.56. The van der Waals surface area contributed by atoms with Crippen LogP contribution in [0.15, 0.2) is 12.7 Å². The third kappa shape index (κ3) is 8.82. The van der Waals surface area contributed by atoms with E-state index in [0.717, 1.165) is 25.7 Å². The summed E-state index contributed by atoms with van der Waals surface area (Å²) in [6.07, 6.45) is 7.81. The van der Waals surface area contributed by atoms with Crippen molar-refractivity contribution in [1.82, 2.24) is 26.2 Å². The lowest BCUT2D eigenvalue weighted by atomic mass is 9.73. The number of likely N-dealkylation sites (tertiary alicyclic amines) is 1. The van der Waals surface area contributed by atoms with Crippen LogP contribution in [0.3, 0.4) is 0 Å². The lowest BCUT2D eigenvalue weighted by Gasteiger charge is -2.48. The van der Waals surface area contributed by atoms with Gasteiger partial charge in [-0.1, -0.05) is 93.6 Å². The molecule has 4 N–H and O–H groups in total. The minimum atomic E-state index is -3.46. The quantitative estimate of drug-likeness (QED) is 0.164. The molecular formula is C38H63N5O7S. The monoisotopic (exact) mass is 733 g/mol. The van der Waals surface area contributed by atoms with E-state index < -0.39 is 73.7 Å². The van der Waals surface area contributed by atoms with Gasteiger partial charge in [-0.25, -0.2) is 13.2 Å². The molecule has 2 aliphatic carbocycles. The van der Waals surface area contributed by atoms with Gasteiger partial charge in [0.15, 0.2) is 9.84 Å². The van der Waals surface area contributed by atoms with Crippen molar-refractivity contribution >= 4 is 39.4 Å². The minimum Gasteiger partial charge on any atom is -0.346 e. The van der Waals surface area contributed by atoms with E-state index in [9.17, 15) is 32.4 Å². The Kier molecular flexibility index (Phi) is 12.1. The summed E-state index contributed by atoms with van der Waals surface area (Å²) in [5.41, 5.74) is -2.10. The molecule has 4 fully saturated rings. The fourth-order valence-electron chi connectivity index (χ4n) is 8.91. The number of carbonyl (C=O) groups is 5. The molecule has 2 heterocycles. The number of carbonyl (C=O) groups excluding carboxylic acids is 5. The topological polar surface area (TPSA) is 171 Å². The van der Waals surface area contributed by atoms with Gasteiger partial charge < -0.3 is 26.2 Å². The predicted octanol–water partition coefficient (Wildman–Crippen LogP) is 4.04. The number of fused-ring (bicyclic) bond motifs is 1. The number of nitrogens with zero attached hydrogens (tertiary/aromatic N) is 1. The maximum absolute atomic E-state index is 14.6. The van der Waals surface area contributed by atoms with Gasteiger partial charge >= 0.3 is 6.03 Å². The highest BCUT2D eigenvalue weighted by Gasteiger charge is 2.70. The first kappa shape index (κ1) is 40.8. The van der Waals surface area contributed by atoms with Crippen LogP contribution in [0.1, 0.15) is 120 Å². The van der Waals surface area contributed by atoms with Gasteiger partial charge in [-0.3, -0.25) is 19.2 Å². The van der Waals surface area contributed by atoms with E-state index in [1.165, 1.54) is 11.0 Å². The van der Waals surface area contributed by atoms with E-state index in [-0.39, 0.29) is 41.4 Å². The number of hydrogen-bond donors (Lipinski definition) is 4. The standard InChI is InChI=1S/C38H63N5O7S/c1-10-12-16-25(29(44)32(46)39-20-11-2)40-31(45)28-27-24(37(27,8)9)23-43(28)33(47)30(35(3,4)5)41-34(48)42-38(17-14-13-15-18-38)26-22-36(6,7)19-21-51(26,49)50/h11,24-28,30H,2,10,12-23H2,1,3-9H3,(H,39,46)(H,40,45)(H2,41,42,48)/t24-,25-,26+,27-,28-,30+/m0/s1. The number of urea groups is 1. The molecule has 0 unspecified atom stereocenters. The van der Waals surface area contributed by atoms with Gasteiger partial charge in [-0.2, -0.15) is 0 Å². The number of amides is 5. The number of rotatable bonds is 13. The van der Waals surface area contributed by atoms with E-state index in [1.54, 1.807) is 0 Å². The van der Waals surface area contributed by atoms with Crippen molar-refractivity contribution in [3.05, 3.63) is 12.7 Å². The van der Waals surface area contributed by atoms with E-state index >= 15 is 0 Å². The number of piperidine rings is 1. The maximum Gasteiger partial charge on any atom is 0.315 e. The van der Waals surface area contributed by atoms with Gasteiger partial charge in [-0.15, -0.1) is 6.58 Å². The van der Waals surface area contributed by atoms with E-state index in [2.05, 4.69) is 55.5 Å². The molecule has 0 bridgehead atoms. The molecule has 4 rings (SSSR count). The fraction of sp³-hybridized carbons (Fsp3) is 0.816. The molecule has 6 atom stereocenters. The SMILES string of the molecule is C=CCNC(=O)C(=O)[C@H](CCCC)NC(=O)[C@@H]1[C@@H]2[C@H](CN1C(=O)[C@@H](NC(=O)NC1([C@H]3CC(C)(C)CCS3(=O)=O)CCCCC1)C(C)(C)C)C2(C)C. The highest BCUT2D eigenvalue weighted by Crippen LogP contribution is 2.65. The minimum absolute atomic E-state index is 0.0534. The summed E-state index contributed by atoms with van der Waals surface area (Å²) in [7, 11) is -3.46. The smallest absolute Gasteiger partial charge is 0.315 e. The summed E-state index contributed by atoms with van der Waals surface area (Å²) < 4.78 is 27.1. The third-order valence-corrected chi connectivity index (χ3v) is 14.5. The van der Waals surface area contributed by atoms with Crippen molar-refractivity contribution in [3.63, 3.8) is 0 Å². The van der Waals surface area contributed by atoms with Gasteiger partial charge in [0, 0.05) is 13.1 Å². The van der Waals surface area contributed by atoms with Crippen molar-refractivity contribution in [2.24, 2.45) is 28.1 Å². The zero-order valence-corrected chi connectivity index (χ0v) is 33.0. The number of unbranched alkanes of at least 4 members (excludes halogenated alkanes) is 1. The molecule has 0 spiro atoms. The number of nitrogens with one attached hydrogen (secondary N) is 4. The molecule has 2 saturated carbocycles. The lowest BCUT2D eigenvalue weighted by Crippen LogP contribution is -2.66. The van der Waals surface area contributed by atoms with Crippen LogP contribution in [0.25, 0.3) is 0 Å². The van der Waals surface area contributed by atoms with E-state index in [4.69, 9.17) is 0 Å². The zero-order chi connectivity index (χ0) is 38.2. The number of hydrogen-bond acceptors (Lipinski definition) is 7. The van der Waals surface area contributed by atoms with Crippen molar-refractivity contribution in [2.75, 3.05) is 18.8 Å². The second kappa shape index (κ2) is 15.2. The van der Waals surface area contributed by atoms with Crippen molar-refractivity contribution in [1.29, 1.82) is 0 Å². The number of Topliss-reactive ketones (excluding diaryl/α,β-unsaturated/α-hetero) is 1. The molecule has 2 saturated heterocycles. The molecule has 0 aromatic carbocycles. The summed E-state index contributed by atoms with van der Waals surface area (Å²) in [5.74, 6) is -2.47. The van der Waals surface area contributed by atoms with Crippen molar-refractivity contribution in [3.8, 4) is 0 Å². The molecule has 5 amide bonds. The number of sulfone groups is 1. The Morgan fingerprint density at radius 1 is 0.980 bits per heavy atom. The van der Waals surface area contributed by atoms with Crippen LogP contribution in [-0.4, -0.2) is 90.6 Å². The zero-order valence-electron chi connectivity index (χ0n) is 32.2. The molecule has 0 aromatic heterocycles. The Morgan fingerprint density at radius 3 is 2.22 bits per heavy atom. The molecule has 4 aliphatic rings. The first-order valence-electron chi connectivity index (χ1n) is 19.0. The average molecular weight is 734 g/mol. The van der Waals surface area contributed by atoms with Gasteiger partial charge in [-0.05, 0) is 60.2 Å². The largest absolute Gasteiger partial charge is 0.346 e. The van der Waals surface area contributed by atoms with E-state index in [0.29, 0.717) is 38.6 Å². The number of ketones is 1. The third-order valence-electron chi connectivity index (χ3n) is 12.2. The average Bonchev–Trinajstić information content (AvgIpc) is 3.35. The van der Waals surface area contributed by atoms with Crippen LogP contribution < -0.4 is 21.3 Å². The molecule has 12 nitrogen and oxygen atoms in total. The van der Waals surface area contributed by atoms with Crippen LogP contribution in [0.2, 0.25) is 0 Å². The summed E-state index contributed by atoms with van der Waals surface area (Å²) in [5, 5.41) is 10.7. The van der Waals surface area contributed by atoms with Crippen molar-refractivity contribution in [2.45, 2.75) is 149 Å². The molecule has 2 aliphatic heterocycles. The Labute approximate surface area is 305 Å². The van der Waals surface area contributed by atoms with Gasteiger partial charge in [0.25, 0.3) is 5.91 Å². The van der Waals surface area contributed by atoms with Gasteiger partial charge in [0.2, 0.25) is 17.6 Å².